The van der Waals surface area contributed by atoms with E-state index in [1.54, 1.807) is 0 Å². The lowest BCUT2D eigenvalue weighted by atomic mass is 9.80. The Morgan fingerprint density at radius 3 is 1.90 bits per heavy atom. The van der Waals surface area contributed by atoms with Gasteiger partial charge in [0.05, 0.1) is 0 Å². The van der Waals surface area contributed by atoms with Crippen LogP contribution >= 0.6 is 0 Å². The van der Waals surface area contributed by atoms with Gasteiger partial charge in [0.15, 0.2) is 0 Å². The van der Waals surface area contributed by atoms with Gasteiger partial charge in [-0.2, -0.15) is 0 Å². The van der Waals surface area contributed by atoms with Gasteiger partial charge in [0.1, 0.15) is 0 Å². The molecule has 0 aromatic heterocycles. The highest BCUT2D eigenvalue weighted by atomic mass is 15.0. The van der Waals surface area contributed by atoms with Crippen molar-refractivity contribution in [3.8, 4) is 0 Å². The number of nitrogens with one attached hydrogen (secondary N) is 1. The van der Waals surface area contributed by atoms with Gasteiger partial charge >= 0.3 is 0 Å². The summed E-state index contributed by atoms with van der Waals surface area (Å²) in [5.74, 6) is 2.85. The number of hydrogen-bond acceptors (Lipinski definition) is 1. The minimum Gasteiger partial charge on any atom is -0.306 e. The van der Waals surface area contributed by atoms with Crippen LogP contribution in [0.15, 0.2) is 30.3 Å². The molecule has 1 nitrogen and oxygen atoms in total. The molecule has 1 heteroatoms. The Morgan fingerprint density at radius 2 is 1.33 bits per heavy atom. The van der Waals surface area contributed by atoms with Crippen LogP contribution in [-0.4, -0.2) is 6.04 Å². The molecule has 0 saturated heterocycles. The smallest absolute Gasteiger partial charge is 0.0351 e. The Labute approximate surface area is 129 Å². The standard InChI is InChI=1S/C20H29N/c1-3-7-15(8-4-1)19(16-9-5-2-6-10-16)21-20(17-11-12-17)18-13-14-18/h1,3-4,7-8,16-21H,2,5-6,9-14H2. The molecule has 114 valence electrons. The van der Waals surface area contributed by atoms with Crippen molar-refractivity contribution in [1.82, 2.24) is 5.32 Å². The van der Waals surface area contributed by atoms with Crippen LogP contribution in [0, 0.1) is 17.8 Å². The summed E-state index contributed by atoms with van der Waals surface area (Å²) in [4.78, 5) is 0. The highest BCUT2D eigenvalue weighted by Gasteiger charge is 2.43. The number of hydrogen-bond donors (Lipinski definition) is 1. The summed E-state index contributed by atoms with van der Waals surface area (Å²) in [7, 11) is 0. The van der Waals surface area contributed by atoms with Crippen LogP contribution in [0.2, 0.25) is 0 Å². The van der Waals surface area contributed by atoms with Crippen LogP contribution in [0.25, 0.3) is 0 Å². The average Bonchev–Trinajstić information content (AvgIpc) is 3.43. The maximum atomic E-state index is 4.16. The molecule has 1 atom stereocenters. The topological polar surface area (TPSA) is 12.0 Å². The molecule has 3 aliphatic carbocycles. The Kier molecular flexibility index (Phi) is 4.03. The summed E-state index contributed by atoms with van der Waals surface area (Å²) >= 11 is 0. The van der Waals surface area contributed by atoms with Gasteiger partial charge in [-0.3, -0.25) is 0 Å². The first-order valence-electron chi connectivity index (χ1n) is 9.23. The summed E-state index contributed by atoms with van der Waals surface area (Å²) in [6, 6.07) is 12.7. The van der Waals surface area contributed by atoms with E-state index in [0.717, 1.165) is 23.8 Å². The van der Waals surface area contributed by atoms with Crippen molar-refractivity contribution >= 4 is 0 Å². The number of benzene rings is 1. The van der Waals surface area contributed by atoms with Gasteiger partial charge in [0.25, 0.3) is 0 Å². The minimum atomic E-state index is 0.609. The van der Waals surface area contributed by atoms with E-state index in [1.165, 1.54) is 63.4 Å². The second-order valence-electron chi connectivity index (χ2n) is 7.65. The third-order valence-corrected chi connectivity index (χ3v) is 5.91. The first-order valence-corrected chi connectivity index (χ1v) is 9.23. The van der Waals surface area contributed by atoms with Gasteiger partial charge in [0.2, 0.25) is 0 Å². The SMILES string of the molecule is c1ccc(C(NC(C2CC2)C2CC2)C2CCCCC2)cc1. The predicted molar refractivity (Wildman–Crippen MR) is 88.1 cm³/mol. The van der Waals surface area contributed by atoms with Gasteiger partial charge < -0.3 is 5.32 Å². The van der Waals surface area contributed by atoms with Gasteiger partial charge in [-0.15, -0.1) is 0 Å². The molecule has 4 rings (SSSR count). The van der Waals surface area contributed by atoms with E-state index < -0.39 is 0 Å². The molecule has 1 aromatic rings. The fourth-order valence-corrected chi connectivity index (χ4v) is 4.41. The van der Waals surface area contributed by atoms with Crippen LogP contribution < -0.4 is 5.32 Å². The molecular weight excluding hydrogens is 254 g/mol. The van der Waals surface area contributed by atoms with E-state index in [1.807, 2.05) is 0 Å². The average molecular weight is 283 g/mol. The quantitative estimate of drug-likeness (QED) is 0.767. The Bertz CT molecular complexity index is 428. The predicted octanol–water partition coefficient (Wildman–Crippen LogP) is 5.09. The third-order valence-electron chi connectivity index (χ3n) is 5.91. The first kappa shape index (κ1) is 13.8. The molecule has 21 heavy (non-hydrogen) atoms. The Hall–Kier alpha value is -0.820. The summed E-state index contributed by atoms with van der Waals surface area (Å²) in [6.45, 7) is 0. The molecule has 0 radical (unpaired) electrons. The summed E-state index contributed by atoms with van der Waals surface area (Å²) in [5, 5.41) is 4.16. The van der Waals surface area contributed by atoms with Crippen molar-refractivity contribution in [2.75, 3.05) is 0 Å². The third kappa shape index (κ3) is 3.34. The number of rotatable bonds is 6. The Balaban J connectivity index is 1.53. The molecule has 1 unspecified atom stereocenters. The van der Waals surface area contributed by atoms with Crippen LogP contribution in [0.5, 0.6) is 0 Å². The van der Waals surface area contributed by atoms with E-state index in [9.17, 15) is 0 Å². The lowest BCUT2D eigenvalue weighted by Gasteiger charge is -2.35. The first-order chi connectivity index (χ1) is 10.4. The van der Waals surface area contributed by atoms with E-state index in [4.69, 9.17) is 0 Å². The molecule has 0 bridgehead atoms. The van der Waals surface area contributed by atoms with Crippen LogP contribution in [0.3, 0.4) is 0 Å². The maximum absolute atomic E-state index is 4.16. The van der Waals surface area contributed by atoms with E-state index in [-0.39, 0.29) is 0 Å². The van der Waals surface area contributed by atoms with Crippen molar-refractivity contribution in [3.05, 3.63) is 35.9 Å². The van der Waals surface area contributed by atoms with Crippen LogP contribution in [0.4, 0.5) is 0 Å². The lowest BCUT2D eigenvalue weighted by Crippen LogP contribution is -2.40. The second kappa shape index (κ2) is 6.12. The lowest BCUT2D eigenvalue weighted by molar-refractivity contribution is 0.236. The zero-order chi connectivity index (χ0) is 14.1. The van der Waals surface area contributed by atoms with E-state index in [0.29, 0.717) is 6.04 Å². The van der Waals surface area contributed by atoms with Gasteiger partial charge in [-0.1, -0.05) is 49.6 Å². The maximum Gasteiger partial charge on any atom is 0.0351 e. The molecule has 3 aliphatic rings. The zero-order valence-electron chi connectivity index (χ0n) is 13.1. The molecule has 0 spiro atoms. The highest BCUT2D eigenvalue weighted by Crippen LogP contribution is 2.46. The molecular formula is C20H29N. The molecule has 0 heterocycles. The fraction of sp³-hybridized carbons (Fsp3) is 0.700. The highest BCUT2D eigenvalue weighted by molar-refractivity contribution is 5.20. The summed E-state index contributed by atoms with van der Waals surface area (Å²) in [5.41, 5.74) is 1.54. The van der Waals surface area contributed by atoms with Crippen molar-refractivity contribution in [2.24, 2.45) is 17.8 Å². The normalized spacial score (nSPS) is 25.2. The zero-order valence-corrected chi connectivity index (χ0v) is 13.1. The van der Waals surface area contributed by atoms with Crippen molar-refractivity contribution in [3.63, 3.8) is 0 Å². The fourth-order valence-electron chi connectivity index (χ4n) is 4.41. The van der Waals surface area contributed by atoms with Gasteiger partial charge in [0, 0.05) is 12.1 Å². The monoisotopic (exact) mass is 283 g/mol. The van der Waals surface area contributed by atoms with E-state index >= 15 is 0 Å². The van der Waals surface area contributed by atoms with Crippen molar-refractivity contribution < 1.29 is 0 Å². The Morgan fingerprint density at radius 1 is 0.714 bits per heavy atom. The molecule has 0 aliphatic heterocycles. The van der Waals surface area contributed by atoms with Crippen LogP contribution in [0.1, 0.15) is 69.4 Å². The molecule has 0 amide bonds. The summed E-state index contributed by atoms with van der Waals surface area (Å²) in [6.07, 6.45) is 13.1. The second-order valence-corrected chi connectivity index (χ2v) is 7.65. The van der Waals surface area contributed by atoms with Crippen molar-refractivity contribution in [2.45, 2.75) is 69.9 Å². The molecule has 1 N–H and O–H groups in total. The van der Waals surface area contributed by atoms with Gasteiger partial charge in [-0.05, 0) is 61.8 Å². The van der Waals surface area contributed by atoms with Gasteiger partial charge in [-0.25, -0.2) is 0 Å². The molecule has 1 aromatic carbocycles. The summed E-state index contributed by atoms with van der Waals surface area (Å²) < 4.78 is 0. The molecule has 3 saturated carbocycles. The molecule has 3 fully saturated rings. The van der Waals surface area contributed by atoms with E-state index in [2.05, 4.69) is 35.6 Å². The van der Waals surface area contributed by atoms with Crippen LogP contribution in [-0.2, 0) is 0 Å². The minimum absolute atomic E-state index is 0.609. The van der Waals surface area contributed by atoms with Crippen molar-refractivity contribution in [1.29, 1.82) is 0 Å². The largest absolute Gasteiger partial charge is 0.306 e.